The fraction of sp³-hybridized carbons (Fsp3) is 0.444. The Hall–Kier alpha value is -2.14. The highest BCUT2D eigenvalue weighted by atomic mass is 16.1. The summed E-state index contributed by atoms with van der Waals surface area (Å²) >= 11 is 0. The summed E-state index contributed by atoms with van der Waals surface area (Å²) in [4.78, 5) is 16.4. The molecule has 0 fully saturated rings. The Morgan fingerprint density at radius 2 is 2.09 bits per heavy atom. The van der Waals surface area contributed by atoms with Crippen LogP contribution in [0.15, 0.2) is 30.5 Å². The standard InChI is InChI=1S/C18H24N4O/c1-19-11-4-6-17(23)21-15-9-7-14(8-10-15)18-20-13-16-5-2-3-12-22(16)18/h7-10,13,19H,2-6,11-12H2,1H3,(H,21,23). The van der Waals surface area contributed by atoms with E-state index in [0.717, 1.165) is 43.0 Å². The number of rotatable bonds is 6. The normalized spacial score (nSPS) is 13.6. The van der Waals surface area contributed by atoms with E-state index in [1.54, 1.807) is 0 Å². The van der Waals surface area contributed by atoms with Crippen molar-refractivity contribution >= 4 is 11.6 Å². The van der Waals surface area contributed by atoms with E-state index < -0.39 is 0 Å². The fourth-order valence-corrected chi connectivity index (χ4v) is 3.02. The van der Waals surface area contributed by atoms with Gasteiger partial charge < -0.3 is 15.2 Å². The average molecular weight is 312 g/mol. The van der Waals surface area contributed by atoms with Gasteiger partial charge in [0.2, 0.25) is 5.91 Å². The van der Waals surface area contributed by atoms with E-state index >= 15 is 0 Å². The Labute approximate surface area is 137 Å². The van der Waals surface area contributed by atoms with Crippen LogP contribution in [0, 0.1) is 0 Å². The molecule has 0 bridgehead atoms. The van der Waals surface area contributed by atoms with Crippen LogP contribution in [-0.4, -0.2) is 29.1 Å². The van der Waals surface area contributed by atoms with Gasteiger partial charge in [-0.2, -0.15) is 0 Å². The predicted molar refractivity (Wildman–Crippen MR) is 92.4 cm³/mol. The summed E-state index contributed by atoms with van der Waals surface area (Å²) in [5.41, 5.74) is 3.27. The number of carbonyl (C=O) groups excluding carboxylic acids is 1. The van der Waals surface area contributed by atoms with Crippen molar-refractivity contribution in [3.8, 4) is 11.4 Å². The zero-order valence-corrected chi connectivity index (χ0v) is 13.6. The number of hydrogen-bond acceptors (Lipinski definition) is 3. The summed E-state index contributed by atoms with van der Waals surface area (Å²) in [6.07, 6.45) is 6.97. The summed E-state index contributed by atoms with van der Waals surface area (Å²) in [7, 11) is 1.89. The van der Waals surface area contributed by atoms with Crippen LogP contribution in [-0.2, 0) is 17.8 Å². The van der Waals surface area contributed by atoms with Crippen LogP contribution in [0.1, 0.15) is 31.4 Å². The molecule has 0 unspecified atom stereocenters. The van der Waals surface area contributed by atoms with E-state index in [0.29, 0.717) is 6.42 Å². The van der Waals surface area contributed by atoms with Crippen molar-refractivity contribution in [2.24, 2.45) is 0 Å². The van der Waals surface area contributed by atoms with Gasteiger partial charge in [0.15, 0.2) is 0 Å². The number of benzene rings is 1. The molecule has 0 atom stereocenters. The van der Waals surface area contributed by atoms with Gasteiger partial charge in [0.25, 0.3) is 0 Å². The van der Waals surface area contributed by atoms with Gasteiger partial charge >= 0.3 is 0 Å². The quantitative estimate of drug-likeness (QED) is 0.806. The largest absolute Gasteiger partial charge is 0.328 e. The molecule has 2 N–H and O–H groups in total. The maximum Gasteiger partial charge on any atom is 0.224 e. The molecule has 1 aliphatic heterocycles. The Morgan fingerprint density at radius 3 is 2.87 bits per heavy atom. The molecule has 0 spiro atoms. The highest BCUT2D eigenvalue weighted by Gasteiger charge is 2.15. The van der Waals surface area contributed by atoms with Crippen molar-refractivity contribution < 1.29 is 4.79 Å². The number of carbonyl (C=O) groups is 1. The number of aromatic nitrogens is 2. The van der Waals surface area contributed by atoms with Gasteiger partial charge in [0.05, 0.1) is 0 Å². The van der Waals surface area contributed by atoms with Crippen LogP contribution in [0.3, 0.4) is 0 Å². The lowest BCUT2D eigenvalue weighted by Crippen LogP contribution is -2.15. The topological polar surface area (TPSA) is 59.0 Å². The molecular weight excluding hydrogens is 288 g/mol. The molecule has 1 amide bonds. The SMILES string of the molecule is CNCCCC(=O)Nc1ccc(-c2ncc3n2CCCC3)cc1. The number of aryl methyl sites for hydroxylation is 1. The lowest BCUT2D eigenvalue weighted by Gasteiger charge is -2.16. The van der Waals surface area contributed by atoms with Gasteiger partial charge in [-0.1, -0.05) is 0 Å². The van der Waals surface area contributed by atoms with Gasteiger partial charge in [0.1, 0.15) is 5.82 Å². The minimum absolute atomic E-state index is 0.0613. The fourth-order valence-electron chi connectivity index (χ4n) is 3.02. The minimum Gasteiger partial charge on any atom is -0.328 e. The summed E-state index contributed by atoms with van der Waals surface area (Å²) in [6.45, 7) is 1.91. The van der Waals surface area contributed by atoms with Gasteiger partial charge in [-0.05, 0) is 63.5 Å². The summed E-state index contributed by atoms with van der Waals surface area (Å²) in [6, 6.07) is 7.98. The molecule has 122 valence electrons. The molecule has 0 saturated heterocycles. The molecule has 0 saturated carbocycles. The van der Waals surface area contributed by atoms with Crippen LogP contribution >= 0.6 is 0 Å². The molecule has 1 aromatic heterocycles. The highest BCUT2D eigenvalue weighted by Crippen LogP contribution is 2.25. The van der Waals surface area contributed by atoms with Crippen LogP contribution in [0.5, 0.6) is 0 Å². The minimum atomic E-state index is 0.0613. The second-order valence-corrected chi connectivity index (χ2v) is 6.01. The Balaban J connectivity index is 1.65. The number of amides is 1. The van der Waals surface area contributed by atoms with Crippen molar-refractivity contribution in [3.05, 3.63) is 36.2 Å². The van der Waals surface area contributed by atoms with Gasteiger partial charge in [-0.3, -0.25) is 4.79 Å². The summed E-state index contributed by atoms with van der Waals surface area (Å²) in [5, 5.41) is 5.99. The number of hydrogen-bond donors (Lipinski definition) is 2. The third-order valence-corrected chi connectivity index (χ3v) is 4.26. The number of nitrogens with one attached hydrogen (secondary N) is 2. The Morgan fingerprint density at radius 1 is 1.26 bits per heavy atom. The van der Waals surface area contributed by atoms with Gasteiger partial charge in [-0.25, -0.2) is 4.98 Å². The van der Waals surface area contributed by atoms with E-state index in [9.17, 15) is 4.79 Å². The second kappa shape index (κ2) is 7.42. The molecule has 1 aliphatic rings. The number of fused-ring (bicyclic) bond motifs is 1. The molecule has 0 aliphatic carbocycles. The first-order valence-electron chi connectivity index (χ1n) is 8.37. The molecule has 2 heterocycles. The van der Waals surface area contributed by atoms with Crippen molar-refractivity contribution in [1.82, 2.24) is 14.9 Å². The number of anilines is 1. The third-order valence-electron chi connectivity index (χ3n) is 4.26. The van der Waals surface area contributed by atoms with E-state index in [2.05, 4.69) is 20.2 Å². The molecule has 3 rings (SSSR count). The summed E-state index contributed by atoms with van der Waals surface area (Å²) in [5.74, 6) is 1.10. The number of nitrogens with zero attached hydrogens (tertiary/aromatic N) is 2. The van der Waals surface area contributed by atoms with Crippen molar-refractivity contribution in [2.45, 2.75) is 38.6 Å². The van der Waals surface area contributed by atoms with Crippen LogP contribution < -0.4 is 10.6 Å². The monoisotopic (exact) mass is 312 g/mol. The van der Waals surface area contributed by atoms with Crippen LogP contribution in [0.2, 0.25) is 0 Å². The zero-order valence-electron chi connectivity index (χ0n) is 13.6. The Kier molecular flexibility index (Phi) is 5.08. The highest BCUT2D eigenvalue weighted by molar-refractivity contribution is 5.90. The average Bonchev–Trinajstić information content (AvgIpc) is 3.00. The molecule has 0 radical (unpaired) electrons. The molecular formula is C18H24N4O. The number of imidazole rings is 1. The molecule has 1 aromatic carbocycles. The maximum atomic E-state index is 11.8. The van der Waals surface area contributed by atoms with Gasteiger partial charge in [-0.15, -0.1) is 0 Å². The third kappa shape index (κ3) is 3.79. The molecule has 5 heteroatoms. The predicted octanol–water partition coefficient (Wildman–Crippen LogP) is 2.82. The molecule has 2 aromatic rings. The van der Waals surface area contributed by atoms with Crippen LogP contribution in [0.25, 0.3) is 11.4 Å². The lowest BCUT2D eigenvalue weighted by atomic mass is 10.1. The van der Waals surface area contributed by atoms with Crippen molar-refractivity contribution in [3.63, 3.8) is 0 Å². The smallest absolute Gasteiger partial charge is 0.224 e. The molecule has 23 heavy (non-hydrogen) atoms. The first-order chi connectivity index (χ1) is 11.3. The van der Waals surface area contributed by atoms with Crippen molar-refractivity contribution in [1.29, 1.82) is 0 Å². The van der Waals surface area contributed by atoms with Crippen LogP contribution in [0.4, 0.5) is 5.69 Å². The van der Waals surface area contributed by atoms with E-state index in [-0.39, 0.29) is 5.91 Å². The zero-order chi connectivity index (χ0) is 16.1. The van der Waals surface area contributed by atoms with Gasteiger partial charge in [0, 0.05) is 36.1 Å². The van der Waals surface area contributed by atoms with E-state index in [4.69, 9.17) is 0 Å². The van der Waals surface area contributed by atoms with Crippen molar-refractivity contribution in [2.75, 3.05) is 18.9 Å². The van der Waals surface area contributed by atoms with E-state index in [1.807, 2.05) is 37.5 Å². The lowest BCUT2D eigenvalue weighted by molar-refractivity contribution is -0.116. The summed E-state index contributed by atoms with van der Waals surface area (Å²) < 4.78 is 2.31. The maximum absolute atomic E-state index is 11.8. The Bertz CT molecular complexity index is 660. The molecule has 5 nitrogen and oxygen atoms in total. The first-order valence-corrected chi connectivity index (χ1v) is 8.37. The second-order valence-electron chi connectivity index (χ2n) is 6.01. The first kappa shape index (κ1) is 15.7. The van der Waals surface area contributed by atoms with E-state index in [1.165, 1.54) is 18.5 Å².